The molecule has 0 amide bonds. The summed E-state index contributed by atoms with van der Waals surface area (Å²) in [5.41, 5.74) is 1.05. The molecular formula is C21H30O7. The fraction of sp³-hybridized carbons (Fsp3) is 0.714. The van der Waals surface area contributed by atoms with Crippen molar-refractivity contribution in [1.82, 2.24) is 0 Å². The van der Waals surface area contributed by atoms with E-state index in [1.54, 1.807) is 0 Å². The zero-order valence-corrected chi connectivity index (χ0v) is 17.2. The number of benzene rings is 1. The summed E-state index contributed by atoms with van der Waals surface area (Å²) in [4.78, 5) is 0. The largest absolute Gasteiger partial charge is 0.494 e. The summed E-state index contributed by atoms with van der Waals surface area (Å²) in [5.74, 6) is -0.485. The summed E-state index contributed by atoms with van der Waals surface area (Å²) < 4.78 is 41.7. The topological polar surface area (TPSA) is 64.6 Å². The summed E-state index contributed by atoms with van der Waals surface area (Å²) in [6.45, 7) is 11.0. The van der Waals surface area contributed by atoms with Crippen molar-refractivity contribution in [3.05, 3.63) is 29.8 Å². The minimum atomic E-state index is -0.701. The molecule has 0 radical (unpaired) electrons. The Hall–Kier alpha value is -1.22. The summed E-state index contributed by atoms with van der Waals surface area (Å²) in [6.07, 6.45) is -1.66. The van der Waals surface area contributed by atoms with E-state index in [9.17, 15) is 0 Å². The fourth-order valence-corrected chi connectivity index (χ4v) is 3.91. The van der Waals surface area contributed by atoms with Gasteiger partial charge in [0.2, 0.25) is 0 Å². The van der Waals surface area contributed by atoms with Gasteiger partial charge in [0.05, 0.1) is 19.8 Å². The molecule has 0 N–H and O–H groups in total. The number of fused-ring (bicyclic) bond motifs is 1. The molecule has 4 rings (SSSR count). The van der Waals surface area contributed by atoms with Crippen LogP contribution in [-0.2, 0) is 35.0 Å². The highest BCUT2D eigenvalue weighted by Crippen LogP contribution is 2.42. The van der Waals surface area contributed by atoms with Crippen LogP contribution in [0.2, 0.25) is 0 Å². The van der Waals surface area contributed by atoms with Crippen LogP contribution in [0.1, 0.15) is 40.2 Å². The average Bonchev–Trinajstić information content (AvgIpc) is 3.23. The van der Waals surface area contributed by atoms with Crippen molar-refractivity contribution in [3.8, 4) is 5.75 Å². The van der Waals surface area contributed by atoms with Gasteiger partial charge in [0.25, 0.3) is 0 Å². The van der Waals surface area contributed by atoms with Crippen molar-refractivity contribution in [1.29, 1.82) is 0 Å². The third-order valence-corrected chi connectivity index (χ3v) is 5.10. The van der Waals surface area contributed by atoms with Crippen molar-refractivity contribution in [2.75, 3.05) is 13.2 Å². The van der Waals surface area contributed by atoms with Gasteiger partial charge in [-0.2, -0.15) is 0 Å². The van der Waals surface area contributed by atoms with Crippen LogP contribution in [0.3, 0.4) is 0 Å². The third-order valence-electron chi connectivity index (χ3n) is 5.10. The van der Waals surface area contributed by atoms with E-state index in [1.165, 1.54) is 0 Å². The molecule has 156 valence electrons. The lowest BCUT2D eigenvalue weighted by Crippen LogP contribution is -2.44. The normalized spacial score (nSPS) is 35.8. The van der Waals surface area contributed by atoms with Crippen LogP contribution in [0.25, 0.3) is 0 Å². The van der Waals surface area contributed by atoms with E-state index in [1.807, 2.05) is 58.9 Å². The molecule has 28 heavy (non-hydrogen) atoms. The highest BCUT2D eigenvalue weighted by Gasteiger charge is 2.58. The molecule has 0 unspecified atom stereocenters. The van der Waals surface area contributed by atoms with Gasteiger partial charge in [-0.05, 0) is 52.3 Å². The smallest absolute Gasteiger partial charge is 0.190 e. The third kappa shape index (κ3) is 4.20. The van der Waals surface area contributed by atoms with E-state index in [0.717, 1.165) is 11.3 Å². The lowest BCUT2D eigenvalue weighted by atomic mass is 10.1. The molecule has 0 saturated carbocycles. The number of hydrogen-bond donors (Lipinski definition) is 0. The van der Waals surface area contributed by atoms with E-state index in [0.29, 0.717) is 19.8 Å². The SMILES string of the molecule is CCOc1ccc(CO[C@@H]2[C@H]([C@@H]3COC(C)(C)O3)O[C@@H]3OC(C)(C)O[C@@H]32)cc1. The van der Waals surface area contributed by atoms with Crippen LogP contribution >= 0.6 is 0 Å². The second-order valence-corrected chi connectivity index (χ2v) is 8.29. The highest BCUT2D eigenvalue weighted by atomic mass is 16.8. The molecule has 3 heterocycles. The molecule has 7 heteroatoms. The zero-order valence-electron chi connectivity index (χ0n) is 17.2. The van der Waals surface area contributed by atoms with E-state index >= 15 is 0 Å². The first kappa shape index (κ1) is 20.1. The Kier molecular flexibility index (Phi) is 5.41. The Morgan fingerprint density at radius 3 is 2.36 bits per heavy atom. The van der Waals surface area contributed by atoms with Crippen molar-refractivity contribution >= 4 is 0 Å². The monoisotopic (exact) mass is 394 g/mol. The Morgan fingerprint density at radius 1 is 0.964 bits per heavy atom. The minimum Gasteiger partial charge on any atom is -0.494 e. The molecule has 3 fully saturated rings. The van der Waals surface area contributed by atoms with E-state index in [2.05, 4.69) is 0 Å². The van der Waals surface area contributed by atoms with Gasteiger partial charge in [0.1, 0.15) is 30.2 Å². The molecular weight excluding hydrogens is 364 g/mol. The fourth-order valence-electron chi connectivity index (χ4n) is 3.91. The summed E-state index contributed by atoms with van der Waals surface area (Å²) in [5, 5.41) is 0. The molecule has 5 atom stereocenters. The maximum atomic E-state index is 6.28. The number of ether oxygens (including phenoxy) is 7. The van der Waals surface area contributed by atoms with Crippen LogP contribution in [0.5, 0.6) is 5.75 Å². The predicted molar refractivity (Wildman–Crippen MR) is 99.8 cm³/mol. The van der Waals surface area contributed by atoms with Crippen LogP contribution < -0.4 is 4.74 Å². The first-order chi connectivity index (χ1) is 13.3. The van der Waals surface area contributed by atoms with Crippen molar-refractivity contribution in [2.24, 2.45) is 0 Å². The van der Waals surface area contributed by atoms with Crippen molar-refractivity contribution in [2.45, 2.75) is 83.5 Å². The molecule has 3 aliphatic rings. The van der Waals surface area contributed by atoms with E-state index in [-0.39, 0.29) is 24.4 Å². The molecule has 0 bridgehead atoms. The number of rotatable bonds is 6. The standard InChI is InChI=1S/C21H30O7/c1-6-22-14-9-7-13(8-10-14)11-23-17-16(15-12-24-20(2,3)26-15)25-19-18(17)27-21(4,5)28-19/h7-10,15-19H,6,11-12H2,1-5H3/t15-,16-,17+,18+,19+/m0/s1. The molecule has 0 spiro atoms. The molecule has 0 aliphatic carbocycles. The maximum Gasteiger partial charge on any atom is 0.190 e. The molecule has 0 aromatic heterocycles. The average molecular weight is 394 g/mol. The van der Waals surface area contributed by atoms with E-state index < -0.39 is 17.9 Å². The molecule has 1 aromatic carbocycles. The first-order valence-electron chi connectivity index (χ1n) is 9.92. The first-order valence-corrected chi connectivity index (χ1v) is 9.92. The minimum absolute atomic E-state index is 0.235. The quantitative estimate of drug-likeness (QED) is 0.735. The Bertz CT molecular complexity index is 672. The molecule has 7 nitrogen and oxygen atoms in total. The second-order valence-electron chi connectivity index (χ2n) is 8.29. The van der Waals surface area contributed by atoms with Gasteiger partial charge in [0.15, 0.2) is 17.9 Å². The van der Waals surface area contributed by atoms with Crippen LogP contribution in [0.4, 0.5) is 0 Å². The van der Waals surface area contributed by atoms with Crippen LogP contribution in [0, 0.1) is 0 Å². The van der Waals surface area contributed by atoms with Gasteiger partial charge in [0, 0.05) is 0 Å². The molecule has 3 saturated heterocycles. The van der Waals surface area contributed by atoms with Crippen molar-refractivity contribution in [3.63, 3.8) is 0 Å². The maximum absolute atomic E-state index is 6.28. The van der Waals surface area contributed by atoms with Gasteiger partial charge < -0.3 is 33.2 Å². The van der Waals surface area contributed by atoms with Gasteiger partial charge in [-0.25, -0.2) is 0 Å². The predicted octanol–water partition coefficient (Wildman–Crippen LogP) is 3.00. The second kappa shape index (κ2) is 7.55. The van der Waals surface area contributed by atoms with Crippen LogP contribution in [0.15, 0.2) is 24.3 Å². The highest BCUT2D eigenvalue weighted by molar-refractivity contribution is 5.26. The summed E-state index contributed by atoms with van der Waals surface area (Å²) in [6, 6.07) is 7.90. The van der Waals surface area contributed by atoms with Gasteiger partial charge in [-0.3, -0.25) is 0 Å². The Balaban J connectivity index is 1.45. The van der Waals surface area contributed by atoms with Crippen LogP contribution in [-0.4, -0.2) is 55.5 Å². The van der Waals surface area contributed by atoms with E-state index in [4.69, 9.17) is 33.2 Å². The van der Waals surface area contributed by atoms with Gasteiger partial charge in [-0.1, -0.05) is 12.1 Å². The van der Waals surface area contributed by atoms with Gasteiger partial charge >= 0.3 is 0 Å². The lowest BCUT2D eigenvalue weighted by molar-refractivity contribution is -0.236. The molecule has 3 aliphatic heterocycles. The Morgan fingerprint density at radius 2 is 1.71 bits per heavy atom. The van der Waals surface area contributed by atoms with Crippen molar-refractivity contribution < 1.29 is 33.2 Å². The summed E-state index contributed by atoms with van der Waals surface area (Å²) in [7, 11) is 0. The zero-order chi connectivity index (χ0) is 19.9. The lowest BCUT2D eigenvalue weighted by Gasteiger charge is -2.29. The number of hydrogen-bond acceptors (Lipinski definition) is 7. The Labute approximate surface area is 166 Å². The van der Waals surface area contributed by atoms with Gasteiger partial charge in [-0.15, -0.1) is 0 Å². The molecule has 1 aromatic rings. The summed E-state index contributed by atoms with van der Waals surface area (Å²) >= 11 is 0.